The fourth-order valence-corrected chi connectivity index (χ4v) is 0.805. The zero-order valence-electron chi connectivity index (χ0n) is 8.88. The van der Waals surface area contributed by atoms with Gasteiger partial charge in [0.05, 0.1) is 6.61 Å². The first-order valence-corrected chi connectivity index (χ1v) is 4.55. The summed E-state index contributed by atoms with van der Waals surface area (Å²) >= 11 is 0. The molecule has 0 fully saturated rings. The Balaban J connectivity index is -0.000000845. The van der Waals surface area contributed by atoms with E-state index in [1.807, 2.05) is 0 Å². The van der Waals surface area contributed by atoms with Crippen LogP contribution in [-0.4, -0.2) is 38.6 Å². The van der Waals surface area contributed by atoms with E-state index < -0.39 is 0 Å². The normalized spacial score (nSPS) is 8.93. The second-order valence-corrected chi connectivity index (χ2v) is 2.64. The molecule has 0 unspecified atom stereocenters. The number of amides is 2. The summed E-state index contributed by atoms with van der Waals surface area (Å²) < 4.78 is 4.93. The number of rotatable bonds is 7. The summed E-state index contributed by atoms with van der Waals surface area (Å²) in [5, 5.41) is 5.07. The number of hydrogen-bond acceptors (Lipinski definition) is 3. The first-order valence-electron chi connectivity index (χ1n) is 4.55. The van der Waals surface area contributed by atoms with E-state index >= 15 is 0 Å². The Morgan fingerprint density at radius 2 is 1.93 bits per heavy atom. The number of carbonyl (C=O) groups excluding carboxylic acids is 2. The molecule has 0 saturated heterocycles. The van der Waals surface area contributed by atoms with Crippen LogP contribution in [0.2, 0.25) is 0 Å². The van der Waals surface area contributed by atoms with Crippen molar-refractivity contribution in [1.29, 1.82) is 0 Å². The van der Waals surface area contributed by atoms with E-state index in [0.717, 1.165) is 0 Å². The van der Waals surface area contributed by atoms with Crippen molar-refractivity contribution >= 4 is 11.8 Å². The molecule has 5 nitrogen and oxygen atoms in total. The van der Waals surface area contributed by atoms with Crippen LogP contribution in [0, 0.1) is 6.92 Å². The number of nitrogens with one attached hydrogen (secondary N) is 2. The fraction of sp³-hybridized carbons (Fsp3) is 0.667. The van der Waals surface area contributed by atoms with Crippen molar-refractivity contribution in [2.24, 2.45) is 0 Å². The van der Waals surface area contributed by atoms with Gasteiger partial charge in [-0.3, -0.25) is 9.59 Å². The third-order valence-electron chi connectivity index (χ3n) is 1.57. The molecular formula is C9H19N2O3W-. The van der Waals surface area contributed by atoms with Gasteiger partial charge in [-0.15, -0.1) is 0 Å². The number of hydrogen-bond donors (Lipinski definition) is 2. The molecule has 90 valence electrons. The van der Waals surface area contributed by atoms with Crippen LogP contribution in [0.3, 0.4) is 0 Å². The summed E-state index contributed by atoms with van der Waals surface area (Å²) in [4.78, 5) is 21.8. The molecule has 0 bridgehead atoms. The molecule has 0 rings (SSSR count). The first kappa shape index (κ1) is 17.0. The van der Waals surface area contributed by atoms with Crippen molar-refractivity contribution in [3.63, 3.8) is 0 Å². The van der Waals surface area contributed by atoms with Crippen LogP contribution in [0.15, 0.2) is 0 Å². The van der Waals surface area contributed by atoms with Gasteiger partial charge in [0.25, 0.3) is 0 Å². The van der Waals surface area contributed by atoms with E-state index in [-0.39, 0.29) is 47.1 Å². The van der Waals surface area contributed by atoms with Gasteiger partial charge in [-0.1, -0.05) is 6.61 Å². The molecule has 6 heteroatoms. The second-order valence-electron chi connectivity index (χ2n) is 2.64. The van der Waals surface area contributed by atoms with Gasteiger partial charge in [0, 0.05) is 48.9 Å². The van der Waals surface area contributed by atoms with Crippen LogP contribution in [-0.2, 0) is 35.4 Å². The van der Waals surface area contributed by atoms with E-state index in [2.05, 4.69) is 17.6 Å². The summed E-state index contributed by atoms with van der Waals surface area (Å²) in [7, 11) is 1.54. The topological polar surface area (TPSA) is 67.4 Å². The molecule has 2 N–H and O–H groups in total. The van der Waals surface area contributed by atoms with Crippen molar-refractivity contribution in [2.75, 3.05) is 26.8 Å². The Morgan fingerprint density at radius 3 is 2.47 bits per heavy atom. The zero-order chi connectivity index (χ0) is 10.8. The van der Waals surface area contributed by atoms with Gasteiger partial charge in [0.15, 0.2) is 0 Å². The SMILES string of the molecule is [CH2-]COCCNC(=O)CCC(=O)NC.[HH].[W]. The predicted octanol–water partition coefficient (Wildman–Crippen LogP) is -0.277. The molecule has 2 amide bonds. The largest absolute Gasteiger partial charge is 0.412 e. The molecule has 0 aliphatic rings. The maximum Gasteiger partial charge on any atom is 0.220 e. The Hall–Kier alpha value is -0.412. The van der Waals surface area contributed by atoms with Gasteiger partial charge in [-0.2, -0.15) is 0 Å². The van der Waals surface area contributed by atoms with Gasteiger partial charge in [0.1, 0.15) is 0 Å². The van der Waals surface area contributed by atoms with E-state index in [4.69, 9.17) is 4.74 Å². The second kappa shape index (κ2) is 11.7. The molecule has 0 aromatic carbocycles. The quantitative estimate of drug-likeness (QED) is 0.467. The molecule has 0 spiro atoms. The van der Waals surface area contributed by atoms with Gasteiger partial charge in [-0.05, 0) is 0 Å². The number of ether oxygens (including phenoxy) is 1. The third kappa shape index (κ3) is 11.5. The van der Waals surface area contributed by atoms with Crippen molar-refractivity contribution < 1.29 is 36.8 Å². The Bertz CT molecular complexity index is 194. The molecule has 0 saturated carbocycles. The molecular weight excluding hydrogens is 368 g/mol. The minimum Gasteiger partial charge on any atom is -0.412 e. The summed E-state index contributed by atoms with van der Waals surface area (Å²) in [6, 6.07) is 0. The van der Waals surface area contributed by atoms with E-state index in [1.54, 1.807) is 7.05 Å². The van der Waals surface area contributed by atoms with Crippen LogP contribution in [0.5, 0.6) is 0 Å². The smallest absolute Gasteiger partial charge is 0.220 e. The van der Waals surface area contributed by atoms with Gasteiger partial charge in [0.2, 0.25) is 11.8 Å². The minimum absolute atomic E-state index is 0. The van der Waals surface area contributed by atoms with Crippen molar-refractivity contribution in [3.8, 4) is 0 Å². The van der Waals surface area contributed by atoms with Crippen molar-refractivity contribution in [2.45, 2.75) is 12.8 Å². The standard InChI is InChI=1S/C9H17N2O3.W.H2/c1-3-14-7-6-11-9(13)5-4-8(12)10-2;;/h1,3-7H2,2H3,(H,10,12)(H,11,13);;1H/q-1;;. The van der Waals surface area contributed by atoms with E-state index in [1.165, 1.54) is 0 Å². The van der Waals surface area contributed by atoms with Crippen LogP contribution in [0.4, 0.5) is 0 Å². The van der Waals surface area contributed by atoms with Gasteiger partial charge in [-0.25, -0.2) is 0 Å². The average molecular weight is 387 g/mol. The summed E-state index contributed by atoms with van der Waals surface area (Å²) in [5.74, 6) is -0.268. The fourth-order valence-electron chi connectivity index (χ4n) is 0.805. The zero-order valence-corrected chi connectivity index (χ0v) is 11.8. The Kier molecular flexibility index (Phi) is 13.2. The first-order chi connectivity index (χ1) is 6.70. The van der Waals surface area contributed by atoms with Crippen LogP contribution in [0.1, 0.15) is 14.3 Å². The Labute approximate surface area is 106 Å². The van der Waals surface area contributed by atoms with Gasteiger partial charge >= 0.3 is 0 Å². The van der Waals surface area contributed by atoms with Crippen molar-refractivity contribution in [1.82, 2.24) is 10.6 Å². The summed E-state index contributed by atoms with van der Waals surface area (Å²) in [6.45, 7) is 4.80. The molecule has 0 heterocycles. The molecule has 0 aromatic rings. The maximum absolute atomic E-state index is 11.1. The summed E-state index contributed by atoms with van der Waals surface area (Å²) in [5.41, 5.74) is 0. The van der Waals surface area contributed by atoms with Crippen LogP contribution < -0.4 is 10.6 Å². The third-order valence-corrected chi connectivity index (χ3v) is 1.57. The molecule has 15 heavy (non-hydrogen) atoms. The van der Waals surface area contributed by atoms with Crippen molar-refractivity contribution in [3.05, 3.63) is 6.92 Å². The maximum atomic E-state index is 11.1. The Morgan fingerprint density at radius 1 is 1.33 bits per heavy atom. The molecule has 0 aliphatic heterocycles. The predicted molar refractivity (Wildman–Crippen MR) is 54.6 cm³/mol. The van der Waals surface area contributed by atoms with Crippen LogP contribution in [0.25, 0.3) is 0 Å². The average Bonchev–Trinajstić information content (AvgIpc) is 2.21. The van der Waals surface area contributed by atoms with Crippen LogP contribution >= 0.6 is 0 Å². The molecule has 0 aliphatic carbocycles. The minimum atomic E-state index is -0.138. The molecule has 0 atom stereocenters. The number of carbonyl (C=O) groups is 2. The van der Waals surface area contributed by atoms with E-state index in [9.17, 15) is 9.59 Å². The molecule has 0 aromatic heterocycles. The molecule has 0 radical (unpaired) electrons. The van der Waals surface area contributed by atoms with E-state index in [0.29, 0.717) is 19.8 Å². The monoisotopic (exact) mass is 387 g/mol. The van der Waals surface area contributed by atoms with Gasteiger partial charge < -0.3 is 22.3 Å². The summed E-state index contributed by atoms with van der Waals surface area (Å²) in [6.07, 6.45) is 0.433.